The van der Waals surface area contributed by atoms with Gasteiger partial charge in [0.15, 0.2) is 5.82 Å². The van der Waals surface area contributed by atoms with Crippen LogP contribution in [0.2, 0.25) is 0 Å². The third-order valence-electron chi connectivity index (χ3n) is 5.03. The summed E-state index contributed by atoms with van der Waals surface area (Å²) < 4.78 is 12.8. The quantitative estimate of drug-likeness (QED) is 0.401. The van der Waals surface area contributed by atoms with Gasteiger partial charge in [0.1, 0.15) is 5.75 Å². The standard InChI is InChI=1S/C26H26N4O3/c1-4-16-33-26-28-24(20-6-5-7-23(17-20)32-3)30(29-26)22-14-12-21(13-15-22)27-25(31)19-10-8-18(2)9-11-19/h5-15,17H,4,16H2,1-3H3,(H,27,31). The van der Waals surface area contributed by atoms with Gasteiger partial charge in [-0.1, -0.05) is 36.8 Å². The summed E-state index contributed by atoms with van der Waals surface area (Å²) in [5, 5.41) is 7.48. The number of anilines is 1. The molecule has 0 fully saturated rings. The van der Waals surface area contributed by atoms with Crippen LogP contribution in [-0.4, -0.2) is 34.4 Å². The fourth-order valence-electron chi connectivity index (χ4n) is 3.27. The number of aryl methyl sites for hydroxylation is 1. The van der Waals surface area contributed by atoms with E-state index < -0.39 is 0 Å². The van der Waals surface area contributed by atoms with Crippen LogP contribution in [0.15, 0.2) is 72.8 Å². The van der Waals surface area contributed by atoms with Gasteiger partial charge in [-0.2, -0.15) is 4.98 Å². The number of methoxy groups -OCH3 is 1. The number of carbonyl (C=O) groups is 1. The first-order valence-corrected chi connectivity index (χ1v) is 10.8. The van der Waals surface area contributed by atoms with Gasteiger partial charge in [0.2, 0.25) is 0 Å². The Morgan fingerprint density at radius 3 is 2.48 bits per heavy atom. The largest absolute Gasteiger partial charge is 0.497 e. The van der Waals surface area contributed by atoms with Crippen LogP contribution in [0.25, 0.3) is 17.1 Å². The van der Waals surface area contributed by atoms with Crippen molar-refractivity contribution in [2.24, 2.45) is 0 Å². The molecule has 1 amide bonds. The number of carbonyl (C=O) groups excluding carboxylic acids is 1. The first kappa shape index (κ1) is 22.1. The van der Waals surface area contributed by atoms with Crippen molar-refractivity contribution in [3.8, 4) is 28.8 Å². The Morgan fingerprint density at radius 2 is 1.79 bits per heavy atom. The monoisotopic (exact) mass is 442 g/mol. The molecule has 0 atom stereocenters. The zero-order valence-corrected chi connectivity index (χ0v) is 18.9. The van der Waals surface area contributed by atoms with Gasteiger partial charge in [0, 0.05) is 16.8 Å². The first-order chi connectivity index (χ1) is 16.1. The maximum atomic E-state index is 12.5. The van der Waals surface area contributed by atoms with Crippen molar-refractivity contribution >= 4 is 11.6 Å². The van der Waals surface area contributed by atoms with E-state index in [1.165, 1.54) is 0 Å². The van der Waals surface area contributed by atoms with Crippen molar-refractivity contribution in [1.82, 2.24) is 14.8 Å². The zero-order chi connectivity index (χ0) is 23.2. The molecular formula is C26H26N4O3. The molecule has 1 N–H and O–H groups in total. The van der Waals surface area contributed by atoms with Gasteiger partial charge in [-0.3, -0.25) is 4.79 Å². The molecule has 0 aliphatic rings. The molecule has 0 aliphatic carbocycles. The molecule has 1 aromatic heterocycles. The maximum absolute atomic E-state index is 12.5. The lowest BCUT2D eigenvalue weighted by Crippen LogP contribution is -2.11. The highest BCUT2D eigenvalue weighted by molar-refractivity contribution is 6.04. The van der Waals surface area contributed by atoms with Crippen molar-refractivity contribution in [3.05, 3.63) is 83.9 Å². The fraction of sp³-hybridized carbons (Fsp3) is 0.192. The molecule has 0 saturated heterocycles. The summed E-state index contributed by atoms with van der Waals surface area (Å²) in [6.45, 7) is 4.55. The number of nitrogens with one attached hydrogen (secondary N) is 1. The lowest BCUT2D eigenvalue weighted by atomic mass is 10.1. The Kier molecular flexibility index (Phi) is 6.69. The van der Waals surface area contributed by atoms with Crippen molar-refractivity contribution in [2.45, 2.75) is 20.3 Å². The molecule has 0 saturated carbocycles. The molecule has 4 rings (SSSR count). The van der Waals surface area contributed by atoms with E-state index in [1.807, 2.05) is 86.6 Å². The summed E-state index contributed by atoms with van der Waals surface area (Å²) in [6, 6.07) is 22.8. The van der Waals surface area contributed by atoms with E-state index in [9.17, 15) is 4.79 Å². The van der Waals surface area contributed by atoms with Crippen molar-refractivity contribution < 1.29 is 14.3 Å². The second kappa shape index (κ2) is 9.99. The van der Waals surface area contributed by atoms with Gasteiger partial charge in [-0.05, 0) is 61.9 Å². The van der Waals surface area contributed by atoms with Gasteiger partial charge in [0.05, 0.1) is 19.4 Å². The van der Waals surface area contributed by atoms with Crippen LogP contribution in [0.5, 0.6) is 11.8 Å². The number of amides is 1. The minimum atomic E-state index is -0.157. The van der Waals surface area contributed by atoms with Crippen molar-refractivity contribution in [1.29, 1.82) is 0 Å². The first-order valence-electron chi connectivity index (χ1n) is 10.8. The van der Waals surface area contributed by atoms with Gasteiger partial charge in [-0.25, -0.2) is 4.68 Å². The summed E-state index contributed by atoms with van der Waals surface area (Å²) in [5.41, 5.74) is 4.05. The Labute approximate surface area is 193 Å². The number of ether oxygens (including phenoxy) is 2. The number of hydrogen-bond donors (Lipinski definition) is 1. The summed E-state index contributed by atoms with van der Waals surface area (Å²) in [6.07, 6.45) is 0.860. The van der Waals surface area contributed by atoms with Crippen LogP contribution in [0, 0.1) is 6.92 Å². The second-order valence-electron chi connectivity index (χ2n) is 7.58. The molecule has 0 aliphatic heterocycles. The van der Waals surface area contributed by atoms with Crippen molar-refractivity contribution in [2.75, 3.05) is 19.0 Å². The average Bonchev–Trinajstić information content (AvgIpc) is 3.28. The van der Waals surface area contributed by atoms with E-state index in [-0.39, 0.29) is 5.91 Å². The van der Waals surface area contributed by atoms with E-state index in [0.717, 1.165) is 29.0 Å². The molecular weight excluding hydrogens is 416 g/mol. The van der Waals surface area contributed by atoms with Crippen LogP contribution in [0.4, 0.5) is 5.69 Å². The lowest BCUT2D eigenvalue weighted by molar-refractivity contribution is 0.102. The third-order valence-corrected chi connectivity index (χ3v) is 5.03. The number of aromatic nitrogens is 3. The Morgan fingerprint density at radius 1 is 1.03 bits per heavy atom. The second-order valence-corrected chi connectivity index (χ2v) is 7.58. The number of benzene rings is 3. The molecule has 33 heavy (non-hydrogen) atoms. The predicted octanol–water partition coefficient (Wildman–Crippen LogP) is 5.29. The minimum Gasteiger partial charge on any atom is -0.497 e. The minimum absolute atomic E-state index is 0.157. The fourth-order valence-corrected chi connectivity index (χ4v) is 3.27. The molecule has 7 nitrogen and oxygen atoms in total. The van der Waals surface area contributed by atoms with Gasteiger partial charge in [0.25, 0.3) is 5.91 Å². The summed E-state index contributed by atoms with van der Waals surface area (Å²) in [5.74, 6) is 1.21. The highest BCUT2D eigenvalue weighted by Gasteiger charge is 2.16. The normalized spacial score (nSPS) is 10.6. The molecule has 168 valence electrons. The van der Waals surface area contributed by atoms with Crippen LogP contribution in [-0.2, 0) is 0 Å². The SMILES string of the molecule is CCCOc1nc(-c2cccc(OC)c2)n(-c2ccc(NC(=O)c3ccc(C)cc3)cc2)n1. The Hall–Kier alpha value is -4.13. The van der Waals surface area contributed by atoms with Crippen LogP contribution < -0.4 is 14.8 Å². The Bertz CT molecular complexity index is 1230. The van der Waals surface area contributed by atoms with E-state index in [0.29, 0.717) is 29.7 Å². The average molecular weight is 443 g/mol. The van der Waals surface area contributed by atoms with E-state index in [2.05, 4.69) is 15.4 Å². The summed E-state index contributed by atoms with van der Waals surface area (Å²) in [4.78, 5) is 17.1. The molecule has 0 spiro atoms. The molecule has 1 heterocycles. The molecule has 0 bridgehead atoms. The van der Waals surface area contributed by atoms with Gasteiger partial charge < -0.3 is 14.8 Å². The smallest absolute Gasteiger partial charge is 0.336 e. The molecule has 7 heteroatoms. The van der Waals surface area contributed by atoms with Crippen LogP contribution in [0.1, 0.15) is 29.3 Å². The molecule has 4 aromatic rings. The Balaban J connectivity index is 1.61. The maximum Gasteiger partial charge on any atom is 0.336 e. The van der Waals surface area contributed by atoms with Gasteiger partial charge in [-0.15, -0.1) is 5.10 Å². The molecule has 0 radical (unpaired) electrons. The van der Waals surface area contributed by atoms with Crippen molar-refractivity contribution in [3.63, 3.8) is 0 Å². The number of rotatable bonds is 8. The van der Waals surface area contributed by atoms with Crippen LogP contribution >= 0.6 is 0 Å². The summed E-state index contributed by atoms with van der Waals surface area (Å²) in [7, 11) is 1.63. The molecule has 3 aromatic carbocycles. The van der Waals surface area contributed by atoms with Crippen LogP contribution in [0.3, 0.4) is 0 Å². The summed E-state index contributed by atoms with van der Waals surface area (Å²) >= 11 is 0. The van der Waals surface area contributed by atoms with E-state index in [4.69, 9.17) is 9.47 Å². The number of nitrogens with zero attached hydrogens (tertiary/aromatic N) is 3. The zero-order valence-electron chi connectivity index (χ0n) is 18.9. The highest BCUT2D eigenvalue weighted by atomic mass is 16.5. The predicted molar refractivity (Wildman–Crippen MR) is 128 cm³/mol. The third kappa shape index (κ3) is 5.20. The molecule has 0 unspecified atom stereocenters. The van der Waals surface area contributed by atoms with E-state index >= 15 is 0 Å². The highest BCUT2D eigenvalue weighted by Crippen LogP contribution is 2.27. The number of hydrogen-bond acceptors (Lipinski definition) is 5. The lowest BCUT2D eigenvalue weighted by Gasteiger charge is -2.09. The van der Waals surface area contributed by atoms with Gasteiger partial charge >= 0.3 is 6.01 Å². The van der Waals surface area contributed by atoms with E-state index in [1.54, 1.807) is 11.8 Å². The topological polar surface area (TPSA) is 78.3 Å².